The van der Waals surface area contributed by atoms with E-state index in [1.807, 2.05) is 6.07 Å². The van der Waals surface area contributed by atoms with E-state index in [0.29, 0.717) is 5.92 Å². The molecule has 0 aliphatic carbocycles. The molecule has 0 atom stereocenters. The van der Waals surface area contributed by atoms with Gasteiger partial charge in [0.1, 0.15) is 0 Å². The standard InChI is InChI=1S/C10H8.C9H12/c1-2-6-10-8-4-3-7-9(10)5-1;1-8(2)9-6-4-3-5-7-9/h1-8H;3-8H,1-2H3. The van der Waals surface area contributed by atoms with Gasteiger partial charge in [-0.1, -0.05) is 92.7 Å². The van der Waals surface area contributed by atoms with Gasteiger partial charge in [0.2, 0.25) is 0 Å². The number of fused-ring (bicyclic) bond motifs is 1. The maximum absolute atomic E-state index is 2.20. The summed E-state index contributed by atoms with van der Waals surface area (Å²) < 4.78 is 0. The molecule has 0 N–H and O–H groups in total. The first-order chi connectivity index (χ1) is 9.27. The Bertz CT molecular complexity index is 544. The topological polar surface area (TPSA) is 0 Å². The Morgan fingerprint density at radius 3 is 1.21 bits per heavy atom. The molecule has 0 heteroatoms. The van der Waals surface area contributed by atoms with Crippen molar-refractivity contribution in [3.05, 3.63) is 84.4 Å². The Morgan fingerprint density at radius 1 is 0.526 bits per heavy atom. The third-order valence-corrected chi connectivity index (χ3v) is 3.12. The molecule has 0 aliphatic heterocycles. The molecule has 0 aliphatic rings. The van der Waals surface area contributed by atoms with Crippen LogP contribution in [0.5, 0.6) is 0 Å². The van der Waals surface area contributed by atoms with E-state index in [4.69, 9.17) is 0 Å². The minimum absolute atomic E-state index is 0.659. The van der Waals surface area contributed by atoms with Crippen LogP contribution in [0.25, 0.3) is 10.8 Å². The summed E-state index contributed by atoms with van der Waals surface area (Å²) in [6.45, 7) is 4.41. The Labute approximate surface area is 115 Å². The molecule has 0 radical (unpaired) electrons. The average molecular weight is 248 g/mol. The fraction of sp³-hybridized carbons (Fsp3) is 0.158. The monoisotopic (exact) mass is 248 g/mol. The van der Waals surface area contributed by atoms with Gasteiger partial charge in [0.15, 0.2) is 0 Å². The number of hydrogen-bond acceptors (Lipinski definition) is 0. The maximum Gasteiger partial charge on any atom is -0.0184 e. The van der Waals surface area contributed by atoms with E-state index in [2.05, 4.69) is 86.6 Å². The van der Waals surface area contributed by atoms with Gasteiger partial charge in [-0.05, 0) is 22.3 Å². The van der Waals surface area contributed by atoms with E-state index in [1.54, 1.807) is 0 Å². The fourth-order valence-corrected chi connectivity index (χ4v) is 1.97. The second-order valence-electron chi connectivity index (χ2n) is 4.91. The molecule has 0 bridgehead atoms. The second-order valence-corrected chi connectivity index (χ2v) is 4.91. The number of rotatable bonds is 1. The highest BCUT2D eigenvalue weighted by Crippen LogP contribution is 2.12. The minimum Gasteiger partial charge on any atom is -0.0622 e. The molecule has 19 heavy (non-hydrogen) atoms. The van der Waals surface area contributed by atoms with Crippen LogP contribution in [0, 0.1) is 0 Å². The predicted octanol–water partition coefficient (Wildman–Crippen LogP) is 5.65. The summed E-state index contributed by atoms with van der Waals surface area (Å²) in [6, 6.07) is 27.2. The van der Waals surface area contributed by atoms with Crippen molar-refractivity contribution in [1.82, 2.24) is 0 Å². The molecule has 0 fully saturated rings. The largest absolute Gasteiger partial charge is 0.0622 e. The van der Waals surface area contributed by atoms with Gasteiger partial charge in [-0.25, -0.2) is 0 Å². The molecule has 0 heterocycles. The lowest BCUT2D eigenvalue weighted by molar-refractivity contribution is 0.867. The molecule has 0 spiro atoms. The predicted molar refractivity (Wildman–Crippen MR) is 84.5 cm³/mol. The lowest BCUT2D eigenvalue weighted by Crippen LogP contribution is -1.83. The van der Waals surface area contributed by atoms with E-state index < -0.39 is 0 Å². The summed E-state index contributed by atoms with van der Waals surface area (Å²) in [4.78, 5) is 0. The Balaban J connectivity index is 0.000000141. The Morgan fingerprint density at radius 2 is 0.895 bits per heavy atom. The molecule has 0 unspecified atom stereocenters. The van der Waals surface area contributed by atoms with Crippen LogP contribution in [0.4, 0.5) is 0 Å². The van der Waals surface area contributed by atoms with Crippen molar-refractivity contribution in [3.8, 4) is 0 Å². The zero-order valence-electron chi connectivity index (χ0n) is 11.6. The molecule has 0 saturated carbocycles. The summed E-state index contributed by atoms with van der Waals surface area (Å²) in [5.41, 5.74) is 1.41. The van der Waals surface area contributed by atoms with Gasteiger partial charge in [-0.2, -0.15) is 0 Å². The van der Waals surface area contributed by atoms with Crippen molar-refractivity contribution in [2.24, 2.45) is 0 Å². The van der Waals surface area contributed by atoms with Crippen LogP contribution in [-0.2, 0) is 0 Å². The van der Waals surface area contributed by atoms with Gasteiger partial charge in [0.25, 0.3) is 0 Å². The molecule has 3 rings (SSSR count). The second kappa shape index (κ2) is 6.75. The molecule has 0 amide bonds. The van der Waals surface area contributed by atoms with Crippen LogP contribution >= 0.6 is 0 Å². The first kappa shape index (κ1) is 13.4. The van der Waals surface area contributed by atoms with E-state index in [-0.39, 0.29) is 0 Å². The van der Waals surface area contributed by atoms with E-state index >= 15 is 0 Å². The highest BCUT2D eigenvalue weighted by atomic mass is 14.0. The summed E-state index contributed by atoms with van der Waals surface area (Å²) in [6.07, 6.45) is 0. The van der Waals surface area contributed by atoms with Crippen molar-refractivity contribution < 1.29 is 0 Å². The fourth-order valence-electron chi connectivity index (χ4n) is 1.97. The Kier molecular flexibility index (Phi) is 4.74. The SMILES string of the molecule is CC(C)c1ccccc1.c1ccc2ccccc2c1. The Hall–Kier alpha value is -2.08. The van der Waals surface area contributed by atoms with Gasteiger partial charge in [-0.3, -0.25) is 0 Å². The van der Waals surface area contributed by atoms with Crippen LogP contribution in [0.2, 0.25) is 0 Å². The highest BCUT2D eigenvalue weighted by Gasteiger charge is 1.93. The molecule has 3 aromatic carbocycles. The average Bonchev–Trinajstić information content (AvgIpc) is 2.49. The molecule has 96 valence electrons. The van der Waals surface area contributed by atoms with Gasteiger partial charge in [0.05, 0.1) is 0 Å². The van der Waals surface area contributed by atoms with Crippen LogP contribution in [0.1, 0.15) is 25.3 Å². The highest BCUT2D eigenvalue weighted by molar-refractivity contribution is 5.81. The molecule has 3 aromatic rings. The molecular weight excluding hydrogens is 228 g/mol. The number of hydrogen-bond donors (Lipinski definition) is 0. The van der Waals surface area contributed by atoms with Crippen LogP contribution in [0.15, 0.2) is 78.9 Å². The van der Waals surface area contributed by atoms with Crippen LogP contribution in [0.3, 0.4) is 0 Å². The lowest BCUT2D eigenvalue weighted by Gasteiger charge is -2.01. The van der Waals surface area contributed by atoms with Gasteiger partial charge >= 0.3 is 0 Å². The third-order valence-electron chi connectivity index (χ3n) is 3.12. The lowest BCUT2D eigenvalue weighted by atomic mass is 10.0. The first-order valence-corrected chi connectivity index (χ1v) is 6.76. The van der Waals surface area contributed by atoms with Crippen molar-refractivity contribution >= 4 is 10.8 Å². The van der Waals surface area contributed by atoms with Crippen molar-refractivity contribution in [2.75, 3.05) is 0 Å². The van der Waals surface area contributed by atoms with Gasteiger partial charge in [-0.15, -0.1) is 0 Å². The van der Waals surface area contributed by atoms with Gasteiger partial charge in [0, 0.05) is 0 Å². The normalized spacial score (nSPS) is 10.1. The zero-order chi connectivity index (χ0) is 13.5. The zero-order valence-corrected chi connectivity index (χ0v) is 11.6. The van der Waals surface area contributed by atoms with Crippen molar-refractivity contribution in [3.63, 3.8) is 0 Å². The minimum atomic E-state index is 0.659. The maximum atomic E-state index is 2.20. The van der Waals surface area contributed by atoms with E-state index in [1.165, 1.54) is 16.3 Å². The van der Waals surface area contributed by atoms with E-state index in [0.717, 1.165) is 0 Å². The number of benzene rings is 3. The quantitative estimate of drug-likeness (QED) is 0.522. The van der Waals surface area contributed by atoms with Crippen LogP contribution < -0.4 is 0 Å². The van der Waals surface area contributed by atoms with Crippen molar-refractivity contribution in [2.45, 2.75) is 19.8 Å². The van der Waals surface area contributed by atoms with Gasteiger partial charge < -0.3 is 0 Å². The first-order valence-electron chi connectivity index (χ1n) is 6.76. The van der Waals surface area contributed by atoms with Crippen molar-refractivity contribution in [1.29, 1.82) is 0 Å². The smallest absolute Gasteiger partial charge is 0.0184 e. The molecule has 0 aromatic heterocycles. The summed E-state index contributed by atoms with van der Waals surface area (Å²) in [7, 11) is 0. The molecule has 0 nitrogen and oxygen atoms in total. The summed E-state index contributed by atoms with van der Waals surface area (Å²) in [5, 5.41) is 2.62. The summed E-state index contributed by atoms with van der Waals surface area (Å²) >= 11 is 0. The van der Waals surface area contributed by atoms with E-state index in [9.17, 15) is 0 Å². The third kappa shape index (κ3) is 3.96. The summed E-state index contributed by atoms with van der Waals surface area (Å²) in [5.74, 6) is 0.659. The van der Waals surface area contributed by atoms with Crippen LogP contribution in [-0.4, -0.2) is 0 Å². The molecular formula is C19H20. The molecule has 0 saturated heterocycles.